The molecule has 0 atom stereocenters. The monoisotopic (exact) mass is 274 g/mol. The SMILES string of the molecule is CSc1nc(Cc2cc(C)cc(C)c2)c(C)c(=O)[nH]1. The van der Waals surface area contributed by atoms with E-state index < -0.39 is 0 Å². The van der Waals surface area contributed by atoms with Crippen LogP contribution in [0.2, 0.25) is 0 Å². The molecule has 1 N–H and O–H groups in total. The number of thioether (sulfide) groups is 1. The maximum absolute atomic E-state index is 11.8. The van der Waals surface area contributed by atoms with Crippen molar-refractivity contribution in [2.45, 2.75) is 32.3 Å². The summed E-state index contributed by atoms with van der Waals surface area (Å²) in [7, 11) is 0. The summed E-state index contributed by atoms with van der Waals surface area (Å²) in [6.45, 7) is 6.00. The van der Waals surface area contributed by atoms with Crippen LogP contribution < -0.4 is 5.56 Å². The smallest absolute Gasteiger partial charge is 0.254 e. The Labute approximate surface area is 117 Å². The lowest BCUT2D eigenvalue weighted by molar-refractivity contribution is 0.859. The van der Waals surface area contributed by atoms with Crippen LogP contribution in [0.15, 0.2) is 28.2 Å². The molecule has 0 bridgehead atoms. The van der Waals surface area contributed by atoms with E-state index in [9.17, 15) is 4.79 Å². The highest BCUT2D eigenvalue weighted by molar-refractivity contribution is 7.98. The van der Waals surface area contributed by atoms with E-state index in [1.807, 2.05) is 13.2 Å². The van der Waals surface area contributed by atoms with E-state index in [0.29, 0.717) is 17.1 Å². The Hall–Kier alpha value is -1.55. The predicted molar refractivity (Wildman–Crippen MR) is 80.1 cm³/mol. The predicted octanol–water partition coefficient (Wildman–Crippen LogP) is 3.01. The molecule has 0 saturated carbocycles. The third-order valence-electron chi connectivity index (χ3n) is 3.08. The highest BCUT2D eigenvalue weighted by atomic mass is 32.2. The lowest BCUT2D eigenvalue weighted by Crippen LogP contribution is -2.16. The molecule has 1 aromatic heterocycles. The van der Waals surface area contributed by atoms with Gasteiger partial charge in [-0.3, -0.25) is 4.79 Å². The van der Waals surface area contributed by atoms with E-state index in [2.05, 4.69) is 42.0 Å². The number of nitrogens with one attached hydrogen (secondary N) is 1. The molecule has 3 nitrogen and oxygen atoms in total. The van der Waals surface area contributed by atoms with Gasteiger partial charge in [0.1, 0.15) is 0 Å². The van der Waals surface area contributed by atoms with Crippen molar-refractivity contribution in [3.8, 4) is 0 Å². The second-order valence-electron chi connectivity index (χ2n) is 4.82. The Balaban J connectivity index is 2.42. The summed E-state index contributed by atoms with van der Waals surface area (Å²) in [5.74, 6) is 0. The molecular formula is C15H18N2OS. The number of hydrogen-bond acceptors (Lipinski definition) is 3. The summed E-state index contributed by atoms with van der Waals surface area (Å²) in [6, 6.07) is 6.44. The van der Waals surface area contributed by atoms with Crippen LogP contribution in [0, 0.1) is 20.8 Å². The Morgan fingerprint density at radius 2 is 1.79 bits per heavy atom. The number of aromatic amines is 1. The van der Waals surface area contributed by atoms with Crippen LogP contribution in [0.25, 0.3) is 0 Å². The van der Waals surface area contributed by atoms with Crippen LogP contribution >= 0.6 is 11.8 Å². The van der Waals surface area contributed by atoms with Crippen molar-refractivity contribution >= 4 is 11.8 Å². The maximum Gasteiger partial charge on any atom is 0.254 e. The van der Waals surface area contributed by atoms with Crippen molar-refractivity contribution in [3.63, 3.8) is 0 Å². The van der Waals surface area contributed by atoms with Gasteiger partial charge in [-0.05, 0) is 32.6 Å². The first-order chi connectivity index (χ1) is 8.99. The van der Waals surface area contributed by atoms with E-state index in [1.54, 1.807) is 0 Å². The van der Waals surface area contributed by atoms with Crippen molar-refractivity contribution in [2.75, 3.05) is 6.26 Å². The molecule has 4 heteroatoms. The fraction of sp³-hybridized carbons (Fsp3) is 0.333. The van der Waals surface area contributed by atoms with Gasteiger partial charge in [-0.25, -0.2) is 4.98 Å². The summed E-state index contributed by atoms with van der Waals surface area (Å²) >= 11 is 1.46. The molecule has 0 saturated heterocycles. The summed E-state index contributed by atoms with van der Waals surface area (Å²) in [4.78, 5) is 19.1. The summed E-state index contributed by atoms with van der Waals surface area (Å²) < 4.78 is 0. The normalized spacial score (nSPS) is 10.7. The van der Waals surface area contributed by atoms with Crippen molar-refractivity contribution in [1.29, 1.82) is 0 Å². The van der Waals surface area contributed by atoms with Crippen LogP contribution in [0.1, 0.15) is 27.9 Å². The van der Waals surface area contributed by atoms with E-state index in [4.69, 9.17) is 0 Å². The van der Waals surface area contributed by atoms with Crippen LogP contribution in [0.4, 0.5) is 0 Å². The van der Waals surface area contributed by atoms with E-state index in [-0.39, 0.29) is 5.56 Å². The number of aromatic nitrogens is 2. The molecule has 0 amide bonds. The highest BCUT2D eigenvalue weighted by Gasteiger charge is 2.08. The van der Waals surface area contributed by atoms with Gasteiger partial charge in [-0.15, -0.1) is 0 Å². The fourth-order valence-electron chi connectivity index (χ4n) is 2.19. The minimum absolute atomic E-state index is 0.0428. The average molecular weight is 274 g/mol. The lowest BCUT2D eigenvalue weighted by Gasteiger charge is -2.08. The van der Waals surface area contributed by atoms with Crippen molar-refractivity contribution in [2.24, 2.45) is 0 Å². The number of aryl methyl sites for hydroxylation is 2. The minimum Gasteiger partial charge on any atom is -0.301 e. The summed E-state index contributed by atoms with van der Waals surface area (Å²) in [5, 5.41) is 0.676. The Bertz CT molecular complexity index is 641. The van der Waals surface area contributed by atoms with E-state index >= 15 is 0 Å². The van der Waals surface area contributed by atoms with Gasteiger partial charge in [0.2, 0.25) is 0 Å². The number of H-pyrrole nitrogens is 1. The lowest BCUT2D eigenvalue weighted by atomic mass is 10.0. The number of benzene rings is 1. The Morgan fingerprint density at radius 3 is 2.37 bits per heavy atom. The zero-order valence-corrected chi connectivity index (χ0v) is 12.5. The van der Waals surface area contributed by atoms with Crippen molar-refractivity contribution < 1.29 is 0 Å². The van der Waals surface area contributed by atoms with Crippen LogP contribution in [0.5, 0.6) is 0 Å². The van der Waals surface area contributed by atoms with Crippen molar-refractivity contribution in [1.82, 2.24) is 9.97 Å². The third kappa shape index (κ3) is 3.26. The number of hydrogen-bond donors (Lipinski definition) is 1. The molecule has 0 aliphatic carbocycles. The van der Waals surface area contributed by atoms with Gasteiger partial charge in [-0.1, -0.05) is 41.1 Å². The molecule has 0 unspecified atom stereocenters. The molecule has 1 aromatic carbocycles. The first-order valence-corrected chi connectivity index (χ1v) is 7.43. The van der Waals surface area contributed by atoms with Gasteiger partial charge in [0, 0.05) is 12.0 Å². The second kappa shape index (κ2) is 5.61. The van der Waals surface area contributed by atoms with E-state index in [0.717, 1.165) is 5.69 Å². The van der Waals surface area contributed by atoms with Gasteiger partial charge in [0.15, 0.2) is 5.16 Å². The van der Waals surface area contributed by atoms with Gasteiger partial charge < -0.3 is 4.98 Å². The quantitative estimate of drug-likeness (QED) is 0.691. The maximum atomic E-state index is 11.8. The molecule has 0 aliphatic rings. The first-order valence-electron chi connectivity index (χ1n) is 6.20. The molecule has 2 aromatic rings. The molecule has 1 heterocycles. The highest BCUT2D eigenvalue weighted by Crippen LogP contribution is 2.15. The molecule has 0 spiro atoms. The Morgan fingerprint density at radius 1 is 1.16 bits per heavy atom. The van der Waals surface area contributed by atoms with Crippen LogP contribution in [-0.2, 0) is 6.42 Å². The summed E-state index contributed by atoms with van der Waals surface area (Å²) in [5.41, 5.74) is 5.20. The molecule has 0 fully saturated rings. The molecule has 19 heavy (non-hydrogen) atoms. The second-order valence-corrected chi connectivity index (χ2v) is 5.61. The minimum atomic E-state index is -0.0428. The van der Waals surface area contributed by atoms with Crippen LogP contribution in [0.3, 0.4) is 0 Å². The van der Waals surface area contributed by atoms with E-state index in [1.165, 1.54) is 28.5 Å². The first kappa shape index (κ1) is 13.9. The zero-order valence-electron chi connectivity index (χ0n) is 11.7. The third-order valence-corrected chi connectivity index (χ3v) is 3.66. The molecule has 2 rings (SSSR count). The van der Waals surface area contributed by atoms with Crippen molar-refractivity contribution in [3.05, 3.63) is 56.5 Å². The number of nitrogens with zero attached hydrogens (tertiary/aromatic N) is 1. The number of rotatable bonds is 3. The zero-order chi connectivity index (χ0) is 14.0. The standard InChI is InChI=1S/C15H18N2OS/c1-9-5-10(2)7-12(6-9)8-13-11(3)14(18)17-15(16-13)19-4/h5-7H,8H2,1-4H3,(H,16,17,18). The Kier molecular flexibility index (Phi) is 4.10. The topological polar surface area (TPSA) is 45.8 Å². The van der Waals surface area contributed by atoms with Gasteiger partial charge in [0.25, 0.3) is 5.56 Å². The van der Waals surface area contributed by atoms with Gasteiger partial charge >= 0.3 is 0 Å². The fourth-order valence-corrected chi connectivity index (χ4v) is 2.59. The largest absolute Gasteiger partial charge is 0.301 e. The van der Waals surface area contributed by atoms with Gasteiger partial charge in [0.05, 0.1) is 5.69 Å². The molecule has 0 radical (unpaired) electrons. The van der Waals surface area contributed by atoms with Crippen LogP contribution in [-0.4, -0.2) is 16.2 Å². The molecular weight excluding hydrogens is 256 g/mol. The van der Waals surface area contributed by atoms with Gasteiger partial charge in [-0.2, -0.15) is 0 Å². The summed E-state index contributed by atoms with van der Waals surface area (Å²) in [6.07, 6.45) is 2.61. The molecule has 0 aliphatic heterocycles. The average Bonchev–Trinajstić information content (AvgIpc) is 2.33. The molecule has 100 valence electrons.